The molecule has 0 radical (unpaired) electrons. The van der Waals surface area contributed by atoms with Gasteiger partial charge in [-0.3, -0.25) is 0 Å². The Labute approximate surface area is 96.4 Å². The Morgan fingerprint density at radius 3 is 2.33 bits per heavy atom. The molecule has 0 amide bonds. The minimum atomic E-state index is -5.34. The highest BCUT2D eigenvalue weighted by molar-refractivity contribution is 5.87. The van der Waals surface area contributed by atoms with Gasteiger partial charge < -0.3 is 4.74 Å². The highest BCUT2D eigenvalue weighted by Crippen LogP contribution is 2.37. The quantitative estimate of drug-likeness (QED) is 0.472. The summed E-state index contributed by atoms with van der Waals surface area (Å²) in [6.45, 7) is 0. The maximum atomic E-state index is 13.1. The number of methoxy groups -OCH3 is 1. The van der Waals surface area contributed by atoms with Gasteiger partial charge in [0.2, 0.25) is 5.95 Å². The number of ether oxygens (including phenoxy) is 1. The SMILES string of the molecule is COC(=O)c1cc(C(F)F)c(C(F)(F)F)c(F)n1. The number of carbonyl (C=O) groups excluding carboxylic acids is 1. The fraction of sp³-hybridized carbons (Fsp3) is 0.333. The summed E-state index contributed by atoms with van der Waals surface area (Å²) in [5.41, 5.74) is -4.81. The summed E-state index contributed by atoms with van der Waals surface area (Å²) in [4.78, 5) is 13.6. The van der Waals surface area contributed by atoms with Crippen molar-refractivity contribution in [2.24, 2.45) is 0 Å². The first-order valence-electron chi connectivity index (χ1n) is 4.32. The van der Waals surface area contributed by atoms with E-state index in [1.165, 1.54) is 0 Å². The second-order valence-electron chi connectivity index (χ2n) is 3.05. The van der Waals surface area contributed by atoms with Gasteiger partial charge in [0.05, 0.1) is 7.11 Å². The maximum Gasteiger partial charge on any atom is 0.421 e. The van der Waals surface area contributed by atoms with Crippen LogP contribution in [0.1, 0.15) is 28.0 Å². The minimum Gasteiger partial charge on any atom is -0.464 e. The number of aromatic nitrogens is 1. The topological polar surface area (TPSA) is 39.2 Å². The van der Waals surface area contributed by atoms with E-state index in [9.17, 15) is 31.1 Å². The second kappa shape index (κ2) is 4.83. The molecule has 1 rings (SSSR count). The molecule has 0 saturated carbocycles. The normalized spacial score (nSPS) is 11.8. The zero-order valence-electron chi connectivity index (χ0n) is 8.69. The van der Waals surface area contributed by atoms with Crippen LogP contribution in [-0.2, 0) is 10.9 Å². The van der Waals surface area contributed by atoms with E-state index in [-0.39, 0.29) is 6.07 Å². The van der Waals surface area contributed by atoms with Gasteiger partial charge in [0.15, 0.2) is 5.69 Å². The fourth-order valence-corrected chi connectivity index (χ4v) is 1.19. The van der Waals surface area contributed by atoms with Crippen molar-refractivity contribution >= 4 is 5.97 Å². The minimum absolute atomic E-state index is 0.155. The Kier molecular flexibility index (Phi) is 3.82. The Morgan fingerprint density at radius 1 is 1.39 bits per heavy atom. The molecule has 0 spiro atoms. The van der Waals surface area contributed by atoms with Crippen molar-refractivity contribution in [3.63, 3.8) is 0 Å². The van der Waals surface area contributed by atoms with Gasteiger partial charge in [0.25, 0.3) is 6.43 Å². The molecular weight excluding hydrogens is 268 g/mol. The van der Waals surface area contributed by atoms with Crippen molar-refractivity contribution < 1.29 is 35.9 Å². The molecule has 100 valence electrons. The first-order chi connectivity index (χ1) is 8.18. The fourth-order valence-electron chi connectivity index (χ4n) is 1.19. The van der Waals surface area contributed by atoms with Crippen molar-refractivity contribution in [2.75, 3.05) is 7.11 Å². The van der Waals surface area contributed by atoms with Crippen molar-refractivity contribution in [1.82, 2.24) is 4.98 Å². The van der Waals surface area contributed by atoms with Crippen molar-refractivity contribution in [3.05, 3.63) is 28.8 Å². The Hall–Kier alpha value is -1.80. The molecule has 9 heteroatoms. The first-order valence-corrected chi connectivity index (χ1v) is 4.32. The molecule has 0 aromatic carbocycles. The molecule has 18 heavy (non-hydrogen) atoms. The van der Waals surface area contributed by atoms with E-state index in [1.807, 2.05) is 0 Å². The van der Waals surface area contributed by atoms with E-state index in [0.29, 0.717) is 0 Å². The third kappa shape index (κ3) is 2.71. The highest BCUT2D eigenvalue weighted by atomic mass is 19.4. The maximum absolute atomic E-state index is 13.1. The van der Waals surface area contributed by atoms with Crippen LogP contribution in [0.5, 0.6) is 0 Å². The molecule has 0 aliphatic heterocycles. The Morgan fingerprint density at radius 2 is 1.94 bits per heavy atom. The van der Waals surface area contributed by atoms with E-state index in [4.69, 9.17) is 0 Å². The molecule has 0 atom stereocenters. The van der Waals surface area contributed by atoms with Gasteiger partial charge >= 0.3 is 12.1 Å². The smallest absolute Gasteiger partial charge is 0.421 e. The van der Waals surface area contributed by atoms with Gasteiger partial charge in [0.1, 0.15) is 5.56 Å². The first kappa shape index (κ1) is 14.3. The lowest BCUT2D eigenvalue weighted by Crippen LogP contribution is -2.17. The van der Waals surface area contributed by atoms with Gasteiger partial charge in [-0.1, -0.05) is 0 Å². The van der Waals surface area contributed by atoms with Crippen LogP contribution in [0.2, 0.25) is 0 Å². The van der Waals surface area contributed by atoms with Crippen LogP contribution in [0.25, 0.3) is 0 Å². The lowest BCUT2D eigenvalue weighted by molar-refractivity contribution is -0.142. The number of hydrogen-bond acceptors (Lipinski definition) is 3. The van der Waals surface area contributed by atoms with Gasteiger partial charge in [0, 0.05) is 5.56 Å². The zero-order valence-corrected chi connectivity index (χ0v) is 8.69. The van der Waals surface area contributed by atoms with Gasteiger partial charge in [-0.05, 0) is 6.07 Å². The van der Waals surface area contributed by atoms with E-state index < -0.39 is 41.3 Å². The largest absolute Gasteiger partial charge is 0.464 e. The van der Waals surface area contributed by atoms with Crippen LogP contribution < -0.4 is 0 Å². The summed E-state index contributed by atoms with van der Waals surface area (Å²) in [5, 5.41) is 0. The average molecular weight is 273 g/mol. The molecular formula is C9H5F6NO2. The number of carbonyl (C=O) groups is 1. The van der Waals surface area contributed by atoms with Gasteiger partial charge in [-0.2, -0.15) is 17.6 Å². The number of alkyl halides is 5. The lowest BCUT2D eigenvalue weighted by atomic mass is 10.1. The zero-order chi connectivity index (χ0) is 14.1. The molecule has 0 aliphatic rings. The molecule has 0 N–H and O–H groups in total. The average Bonchev–Trinajstić information content (AvgIpc) is 2.24. The predicted molar refractivity (Wildman–Crippen MR) is 45.5 cm³/mol. The Balaban J connectivity index is 3.51. The summed E-state index contributed by atoms with van der Waals surface area (Å²) < 4.78 is 79.1. The van der Waals surface area contributed by atoms with Crippen LogP contribution in [0, 0.1) is 5.95 Å². The Bertz CT molecular complexity index is 471. The van der Waals surface area contributed by atoms with Crippen molar-refractivity contribution in [1.29, 1.82) is 0 Å². The van der Waals surface area contributed by atoms with Crippen LogP contribution >= 0.6 is 0 Å². The third-order valence-corrected chi connectivity index (χ3v) is 1.92. The van der Waals surface area contributed by atoms with Crippen molar-refractivity contribution in [3.8, 4) is 0 Å². The van der Waals surface area contributed by atoms with Gasteiger partial charge in [-0.15, -0.1) is 0 Å². The molecule has 1 aromatic heterocycles. The van der Waals surface area contributed by atoms with Gasteiger partial charge in [-0.25, -0.2) is 18.6 Å². The second-order valence-corrected chi connectivity index (χ2v) is 3.05. The molecule has 0 fully saturated rings. The van der Waals surface area contributed by atoms with E-state index in [2.05, 4.69) is 9.72 Å². The van der Waals surface area contributed by atoms with Crippen LogP contribution in [0.15, 0.2) is 6.07 Å². The number of hydrogen-bond donors (Lipinski definition) is 0. The highest BCUT2D eigenvalue weighted by Gasteiger charge is 2.40. The summed E-state index contributed by atoms with van der Waals surface area (Å²) >= 11 is 0. The monoisotopic (exact) mass is 273 g/mol. The standard InChI is InChI=1S/C9H5F6NO2/c1-18-8(17)4-2-3(6(10)11)5(7(12)16-4)9(13,14)15/h2,6H,1H3. The summed E-state index contributed by atoms with van der Waals surface area (Å²) in [5.74, 6) is -3.51. The number of halogens is 6. The van der Waals surface area contributed by atoms with E-state index >= 15 is 0 Å². The van der Waals surface area contributed by atoms with Crippen LogP contribution in [0.3, 0.4) is 0 Å². The number of rotatable bonds is 2. The van der Waals surface area contributed by atoms with E-state index in [1.54, 1.807) is 0 Å². The predicted octanol–water partition coefficient (Wildman–Crippen LogP) is 2.96. The van der Waals surface area contributed by atoms with Crippen LogP contribution in [-0.4, -0.2) is 18.1 Å². The number of esters is 1. The summed E-state index contributed by atoms with van der Waals surface area (Å²) in [6.07, 6.45) is -8.94. The summed E-state index contributed by atoms with van der Waals surface area (Å²) in [7, 11) is 0.849. The number of nitrogens with zero attached hydrogens (tertiary/aromatic N) is 1. The molecule has 0 aliphatic carbocycles. The number of pyridine rings is 1. The molecule has 1 heterocycles. The van der Waals surface area contributed by atoms with E-state index in [0.717, 1.165) is 7.11 Å². The molecule has 0 saturated heterocycles. The molecule has 1 aromatic rings. The lowest BCUT2D eigenvalue weighted by Gasteiger charge is -2.13. The summed E-state index contributed by atoms with van der Waals surface area (Å²) in [6, 6.07) is 0.155. The van der Waals surface area contributed by atoms with Crippen LogP contribution in [0.4, 0.5) is 26.3 Å². The molecule has 0 bridgehead atoms. The molecule has 3 nitrogen and oxygen atoms in total. The third-order valence-electron chi connectivity index (χ3n) is 1.92. The molecule has 0 unspecified atom stereocenters. The van der Waals surface area contributed by atoms with Crippen molar-refractivity contribution in [2.45, 2.75) is 12.6 Å².